The highest BCUT2D eigenvalue weighted by molar-refractivity contribution is 6.32. The topological polar surface area (TPSA) is 75.6 Å². The lowest BCUT2D eigenvalue weighted by Crippen LogP contribution is -2.32. The van der Waals surface area contributed by atoms with Gasteiger partial charge in [0.1, 0.15) is 0 Å². The summed E-state index contributed by atoms with van der Waals surface area (Å²) in [5.41, 5.74) is 2.19. The number of nitrogens with one attached hydrogen (secondary N) is 1. The lowest BCUT2D eigenvalue weighted by molar-refractivity contribution is 0.0602. The number of ether oxygens (including phenoxy) is 1. The zero-order valence-corrected chi connectivity index (χ0v) is 12.7. The number of aliphatic hydroxyl groups excluding tert-OH is 1. The molecule has 0 fully saturated rings. The number of amides is 1. The van der Waals surface area contributed by atoms with Gasteiger partial charge in [-0.2, -0.15) is 0 Å². The van der Waals surface area contributed by atoms with Crippen LogP contribution in [0.25, 0.3) is 10.8 Å². The molecule has 0 saturated heterocycles. The first kappa shape index (κ1) is 14.8. The molecule has 0 bridgehead atoms. The molecule has 0 atom stereocenters. The molecule has 22 heavy (non-hydrogen) atoms. The number of carbonyl (C=O) groups excluding carboxylic acids is 2. The van der Waals surface area contributed by atoms with Crippen molar-refractivity contribution < 1.29 is 19.4 Å². The summed E-state index contributed by atoms with van der Waals surface area (Å²) in [6, 6.07) is 4.95. The first-order chi connectivity index (χ1) is 10.6. The summed E-state index contributed by atoms with van der Waals surface area (Å²) < 4.78 is 4.83. The maximum Gasteiger partial charge on any atom is 0.338 e. The van der Waals surface area contributed by atoms with Gasteiger partial charge in [-0.1, -0.05) is 11.6 Å². The summed E-state index contributed by atoms with van der Waals surface area (Å²) in [5, 5.41) is 13.7. The van der Waals surface area contributed by atoms with E-state index in [0.717, 1.165) is 5.56 Å². The van der Waals surface area contributed by atoms with Crippen LogP contribution in [-0.2, 0) is 17.8 Å². The molecular formula is C16H14ClNO4. The van der Waals surface area contributed by atoms with Crippen LogP contribution in [-0.4, -0.2) is 30.6 Å². The SMILES string of the molecule is COC(=O)c1cc2c(c3cc(Cl)c(CO)cc13)C(=O)NCC2. The molecule has 1 heterocycles. The van der Waals surface area contributed by atoms with Crippen LogP contribution < -0.4 is 5.32 Å². The Labute approximate surface area is 131 Å². The summed E-state index contributed by atoms with van der Waals surface area (Å²) in [5.74, 6) is -0.666. The maximum absolute atomic E-state index is 12.2. The quantitative estimate of drug-likeness (QED) is 0.831. The smallest absolute Gasteiger partial charge is 0.338 e. The molecule has 3 rings (SSSR count). The van der Waals surface area contributed by atoms with E-state index in [4.69, 9.17) is 16.3 Å². The number of esters is 1. The average molecular weight is 320 g/mol. The van der Waals surface area contributed by atoms with Crippen LogP contribution in [0.15, 0.2) is 18.2 Å². The van der Waals surface area contributed by atoms with Crippen LogP contribution in [0.4, 0.5) is 0 Å². The monoisotopic (exact) mass is 319 g/mol. The molecule has 2 aromatic carbocycles. The van der Waals surface area contributed by atoms with Crippen molar-refractivity contribution in [1.29, 1.82) is 0 Å². The normalized spacial score (nSPS) is 13.7. The summed E-state index contributed by atoms with van der Waals surface area (Å²) in [4.78, 5) is 24.3. The van der Waals surface area contributed by atoms with Crippen molar-refractivity contribution in [2.24, 2.45) is 0 Å². The van der Waals surface area contributed by atoms with Gasteiger partial charge in [0.2, 0.25) is 0 Å². The average Bonchev–Trinajstić information content (AvgIpc) is 2.52. The third-order valence-electron chi connectivity index (χ3n) is 3.87. The van der Waals surface area contributed by atoms with Crippen molar-refractivity contribution in [2.75, 3.05) is 13.7 Å². The van der Waals surface area contributed by atoms with Crippen molar-refractivity contribution in [3.8, 4) is 0 Å². The Bertz CT molecular complexity index is 801. The molecule has 0 aliphatic carbocycles. The van der Waals surface area contributed by atoms with Gasteiger partial charge in [-0.25, -0.2) is 4.79 Å². The van der Waals surface area contributed by atoms with Crippen LogP contribution >= 0.6 is 11.6 Å². The van der Waals surface area contributed by atoms with Crippen LogP contribution in [0, 0.1) is 0 Å². The van der Waals surface area contributed by atoms with Gasteiger partial charge in [0.15, 0.2) is 0 Å². The third kappa shape index (κ3) is 2.23. The maximum atomic E-state index is 12.2. The molecule has 1 aliphatic rings. The largest absolute Gasteiger partial charge is 0.465 e. The molecule has 5 nitrogen and oxygen atoms in total. The number of fused-ring (bicyclic) bond motifs is 3. The minimum Gasteiger partial charge on any atom is -0.465 e. The van der Waals surface area contributed by atoms with Gasteiger partial charge in [-0.05, 0) is 46.5 Å². The van der Waals surface area contributed by atoms with E-state index in [0.29, 0.717) is 45.5 Å². The zero-order valence-electron chi connectivity index (χ0n) is 11.9. The Hall–Kier alpha value is -2.11. The first-order valence-electron chi connectivity index (χ1n) is 6.82. The van der Waals surface area contributed by atoms with Crippen LogP contribution in [0.2, 0.25) is 5.02 Å². The zero-order chi connectivity index (χ0) is 15.9. The van der Waals surface area contributed by atoms with Crippen molar-refractivity contribution in [1.82, 2.24) is 5.32 Å². The molecule has 0 saturated carbocycles. The van der Waals surface area contributed by atoms with Gasteiger partial charge in [0.05, 0.1) is 24.8 Å². The fraction of sp³-hybridized carbons (Fsp3) is 0.250. The number of hydrogen-bond acceptors (Lipinski definition) is 4. The van der Waals surface area contributed by atoms with E-state index in [2.05, 4.69) is 5.32 Å². The number of rotatable bonds is 2. The molecule has 0 aromatic heterocycles. The van der Waals surface area contributed by atoms with Crippen molar-refractivity contribution in [2.45, 2.75) is 13.0 Å². The lowest BCUT2D eigenvalue weighted by Gasteiger charge is -2.20. The van der Waals surface area contributed by atoms with Crippen LogP contribution in [0.5, 0.6) is 0 Å². The summed E-state index contributed by atoms with van der Waals surface area (Å²) in [6.07, 6.45) is 0.639. The highest BCUT2D eigenvalue weighted by atomic mass is 35.5. The van der Waals surface area contributed by atoms with Gasteiger partial charge in [0.25, 0.3) is 5.91 Å². The highest BCUT2D eigenvalue weighted by Gasteiger charge is 2.24. The molecular weight excluding hydrogens is 306 g/mol. The first-order valence-corrected chi connectivity index (χ1v) is 7.20. The van der Waals surface area contributed by atoms with E-state index in [-0.39, 0.29) is 12.5 Å². The number of methoxy groups -OCH3 is 1. The van der Waals surface area contributed by atoms with Crippen LogP contribution in [0.3, 0.4) is 0 Å². The van der Waals surface area contributed by atoms with E-state index < -0.39 is 5.97 Å². The number of hydrogen-bond donors (Lipinski definition) is 2. The van der Waals surface area contributed by atoms with Gasteiger partial charge >= 0.3 is 5.97 Å². The number of halogens is 1. The Morgan fingerprint density at radius 2 is 2.14 bits per heavy atom. The molecule has 0 unspecified atom stereocenters. The summed E-state index contributed by atoms with van der Waals surface area (Å²) in [6.45, 7) is 0.277. The van der Waals surface area contributed by atoms with Gasteiger partial charge in [-0.15, -0.1) is 0 Å². The second kappa shape index (κ2) is 5.59. The van der Waals surface area contributed by atoms with Crippen molar-refractivity contribution >= 4 is 34.2 Å². The Balaban J connectivity index is 2.43. The van der Waals surface area contributed by atoms with Crippen molar-refractivity contribution in [3.63, 3.8) is 0 Å². The van der Waals surface area contributed by atoms with E-state index >= 15 is 0 Å². The number of aliphatic hydroxyl groups is 1. The predicted molar refractivity (Wildman–Crippen MR) is 82.3 cm³/mol. The Morgan fingerprint density at radius 3 is 2.82 bits per heavy atom. The number of benzene rings is 2. The van der Waals surface area contributed by atoms with E-state index in [9.17, 15) is 14.7 Å². The minimum atomic E-state index is -0.481. The molecule has 114 valence electrons. The van der Waals surface area contributed by atoms with E-state index in [1.165, 1.54) is 7.11 Å². The minimum absolute atomic E-state index is 0.185. The second-order valence-electron chi connectivity index (χ2n) is 5.10. The fourth-order valence-electron chi connectivity index (χ4n) is 2.81. The molecule has 0 spiro atoms. The standard InChI is InChI=1S/C16H14ClNO4/c1-22-16(21)12-4-8-2-3-18-15(20)14(8)11-6-13(17)9(7-19)5-10(11)12/h4-6,19H,2-3,7H2,1H3,(H,18,20). The predicted octanol–water partition coefficient (Wildman–Crippen LogP) is 2.06. The molecule has 0 radical (unpaired) electrons. The molecule has 2 N–H and O–H groups in total. The Kier molecular flexibility index (Phi) is 3.76. The van der Waals surface area contributed by atoms with Gasteiger partial charge < -0.3 is 15.2 Å². The fourth-order valence-corrected chi connectivity index (χ4v) is 3.03. The van der Waals surface area contributed by atoms with E-state index in [1.807, 2.05) is 0 Å². The third-order valence-corrected chi connectivity index (χ3v) is 4.22. The van der Waals surface area contributed by atoms with Gasteiger partial charge in [-0.3, -0.25) is 4.79 Å². The summed E-state index contributed by atoms with van der Waals surface area (Å²) >= 11 is 6.15. The van der Waals surface area contributed by atoms with Crippen molar-refractivity contribution in [3.05, 3.63) is 45.5 Å². The lowest BCUT2D eigenvalue weighted by atomic mass is 9.90. The van der Waals surface area contributed by atoms with E-state index in [1.54, 1.807) is 18.2 Å². The molecule has 2 aromatic rings. The van der Waals surface area contributed by atoms with Gasteiger partial charge in [0, 0.05) is 11.6 Å². The number of carbonyl (C=O) groups is 2. The second-order valence-corrected chi connectivity index (χ2v) is 5.51. The molecule has 1 amide bonds. The Morgan fingerprint density at radius 1 is 1.36 bits per heavy atom. The molecule has 6 heteroatoms. The molecule has 1 aliphatic heterocycles. The van der Waals surface area contributed by atoms with Crippen LogP contribution in [0.1, 0.15) is 31.8 Å². The highest BCUT2D eigenvalue weighted by Crippen LogP contribution is 2.33. The summed E-state index contributed by atoms with van der Waals surface area (Å²) in [7, 11) is 1.31.